The molecule has 0 bridgehead atoms. The number of benzene rings is 1. The summed E-state index contributed by atoms with van der Waals surface area (Å²) in [7, 11) is 0. The highest BCUT2D eigenvalue weighted by Gasteiger charge is 2.04. The molecule has 5 nitrogen and oxygen atoms in total. The van der Waals surface area contributed by atoms with Crippen LogP contribution in [0.2, 0.25) is 0 Å². The zero-order chi connectivity index (χ0) is 14.9. The van der Waals surface area contributed by atoms with Crippen molar-refractivity contribution < 1.29 is 5.11 Å². The quantitative estimate of drug-likeness (QED) is 0.648. The first kappa shape index (κ1) is 15.4. The van der Waals surface area contributed by atoms with E-state index in [-0.39, 0.29) is 12.6 Å². The van der Waals surface area contributed by atoms with Gasteiger partial charge in [-0.15, -0.1) is 0 Å². The van der Waals surface area contributed by atoms with Crippen LogP contribution in [-0.2, 0) is 6.61 Å². The van der Waals surface area contributed by atoms with Crippen molar-refractivity contribution in [1.29, 1.82) is 0 Å². The van der Waals surface area contributed by atoms with E-state index in [1.807, 2.05) is 18.2 Å². The molecule has 112 valence electrons. The summed E-state index contributed by atoms with van der Waals surface area (Å²) < 4.78 is 0. The standard InChI is InChI=1S/C16H22N4O/c1-13(15-6-2-5-14(11-15)12-21)17-7-3-8-18-16-19-9-4-10-20-16/h2,4-6,9-11,13,17,21H,3,7-8,12H2,1H3,(H,18,19,20). The number of aromatic nitrogens is 2. The molecular formula is C16H22N4O. The zero-order valence-corrected chi connectivity index (χ0v) is 12.3. The van der Waals surface area contributed by atoms with Gasteiger partial charge in [0.25, 0.3) is 0 Å². The lowest BCUT2D eigenvalue weighted by molar-refractivity contribution is 0.281. The molecule has 0 fully saturated rings. The third-order valence-electron chi connectivity index (χ3n) is 3.29. The Hall–Kier alpha value is -1.98. The minimum absolute atomic E-state index is 0.0849. The molecule has 1 atom stereocenters. The van der Waals surface area contributed by atoms with Gasteiger partial charge in [-0.05, 0) is 37.1 Å². The molecule has 1 unspecified atom stereocenters. The molecule has 1 heterocycles. The van der Waals surface area contributed by atoms with E-state index in [9.17, 15) is 0 Å². The summed E-state index contributed by atoms with van der Waals surface area (Å²) in [4.78, 5) is 8.22. The summed E-state index contributed by atoms with van der Waals surface area (Å²) >= 11 is 0. The van der Waals surface area contributed by atoms with Gasteiger partial charge in [0.15, 0.2) is 0 Å². The minimum atomic E-state index is 0.0849. The predicted molar refractivity (Wildman–Crippen MR) is 83.9 cm³/mol. The van der Waals surface area contributed by atoms with Crippen molar-refractivity contribution in [3.63, 3.8) is 0 Å². The van der Waals surface area contributed by atoms with Crippen LogP contribution in [-0.4, -0.2) is 28.2 Å². The Morgan fingerprint density at radius 3 is 2.71 bits per heavy atom. The average molecular weight is 286 g/mol. The molecule has 0 saturated carbocycles. The van der Waals surface area contributed by atoms with Gasteiger partial charge >= 0.3 is 0 Å². The van der Waals surface area contributed by atoms with Crippen molar-refractivity contribution in [3.05, 3.63) is 53.9 Å². The molecule has 2 aromatic rings. The first-order valence-electron chi connectivity index (χ1n) is 7.23. The monoisotopic (exact) mass is 286 g/mol. The highest BCUT2D eigenvalue weighted by Crippen LogP contribution is 2.14. The van der Waals surface area contributed by atoms with Gasteiger partial charge in [0.1, 0.15) is 0 Å². The van der Waals surface area contributed by atoms with Gasteiger partial charge in [0.2, 0.25) is 5.95 Å². The second kappa shape index (κ2) is 8.34. The van der Waals surface area contributed by atoms with Crippen LogP contribution < -0.4 is 10.6 Å². The van der Waals surface area contributed by atoms with E-state index in [0.29, 0.717) is 5.95 Å². The second-order valence-corrected chi connectivity index (χ2v) is 4.93. The number of hydrogen-bond donors (Lipinski definition) is 3. The molecular weight excluding hydrogens is 264 g/mol. The molecule has 0 aliphatic heterocycles. The maximum absolute atomic E-state index is 9.16. The molecule has 2 rings (SSSR count). The molecule has 5 heteroatoms. The van der Waals surface area contributed by atoms with E-state index in [4.69, 9.17) is 5.11 Å². The van der Waals surface area contributed by atoms with E-state index < -0.39 is 0 Å². The molecule has 21 heavy (non-hydrogen) atoms. The molecule has 3 N–H and O–H groups in total. The van der Waals surface area contributed by atoms with Crippen LogP contribution in [0.5, 0.6) is 0 Å². The van der Waals surface area contributed by atoms with Gasteiger partial charge in [-0.1, -0.05) is 24.3 Å². The fourth-order valence-electron chi connectivity index (χ4n) is 2.08. The molecule has 0 aliphatic carbocycles. The van der Waals surface area contributed by atoms with Crippen molar-refractivity contribution in [2.75, 3.05) is 18.4 Å². The highest BCUT2D eigenvalue weighted by molar-refractivity contribution is 5.25. The maximum atomic E-state index is 9.16. The summed E-state index contributed by atoms with van der Waals surface area (Å²) in [6.45, 7) is 3.95. The number of nitrogens with zero attached hydrogens (tertiary/aromatic N) is 2. The summed E-state index contributed by atoms with van der Waals surface area (Å²) in [6, 6.07) is 10.1. The van der Waals surface area contributed by atoms with Crippen LogP contribution in [0.4, 0.5) is 5.95 Å². The molecule has 0 amide bonds. The van der Waals surface area contributed by atoms with Crippen LogP contribution in [0.1, 0.15) is 30.5 Å². The van der Waals surface area contributed by atoms with Crippen molar-refractivity contribution >= 4 is 5.95 Å². The van der Waals surface area contributed by atoms with E-state index >= 15 is 0 Å². The second-order valence-electron chi connectivity index (χ2n) is 4.93. The maximum Gasteiger partial charge on any atom is 0.222 e. The lowest BCUT2D eigenvalue weighted by atomic mass is 10.1. The Labute approximate surface area is 125 Å². The Bertz CT molecular complexity index is 533. The molecule has 0 saturated heterocycles. The molecule has 0 spiro atoms. The number of aliphatic hydroxyl groups excluding tert-OH is 1. The van der Waals surface area contributed by atoms with E-state index in [2.05, 4.69) is 33.6 Å². The van der Waals surface area contributed by atoms with E-state index in [0.717, 1.165) is 25.1 Å². The Morgan fingerprint density at radius 2 is 1.95 bits per heavy atom. The van der Waals surface area contributed by atoms with Crippen molar-refractivity contribution in [2.24, 2.45) is 0 Å². The van der Waals surface area contributed by atoms with Gasteiger partial charge in [0, 0.05) is 25.0 Å². The Balaban J connectivity index is 1.68. The van der Waals surface area contributed by atoms with Crippen LogP contribution in [0.15, 0.2) is 42.7 Å². The average Bonchev–Trinajstić information content (AvgIpc) is 2.55. The lowest BCUT2D eigenvalue weighted by Crippen LogP contribution is -2.22. The van der Waals surface area contributed by atoms with Crippen LogP contribution >= 0.6 is 0 Å². The Morgan fingerprint density at radius 1 is 1.14 bits per heavy atom. The smallest absolute Gasteiger partial charge is 0.222 e. The molecule has 0 aliphatic rings. The first-order chi connectivity index (χ1) is 10.3. The third kappa shape index (κ3) is 5.13. The first-order valence-corrected chi connectivity index (χ1v) is 7.23. The SMILES string of the molecule is CC(NCCCNc1ncccn1)c1cccc(CO)c1. The third-order valence-corrected chi connectivity index (χ3v) is 3.29. The summed E-state index contributed by atoms with van der Waals surface area (Å²) in [5.74, 6) is 0.668. The predicted octanol–water partition coefficient (Wildman–Crippen LogP) is 2.12. The van der Waals surface area contributed by atoms with Gasteiger partial charge in [0.05, 0.1) is 6.61 Å². The number of hydrogen-bond acceptors (Lipinski definition) is 5. The summed E-state index contributed by atoms with van der Waals surface area (Å²) in [5.41, 5.74) is 2.14. The van der Waals surface area contributed by atoms with E-state index in [1.165, 1.54) is 5.56 Å². The van der Waals surface area contributed by atoms with Crippen molar-refractivity contribution in [3.8, 4) is 0 Å². The number of anilines is 1. The van der Waals surface area contributed by atoms with Crippen LogP contribution in [0.3, 0.4) is 0 Å². The van der Waals surface area contributed by atoms with Crippen molar-refractivity contribution in [1.82, 2.24) is 15.3 Å². The van der Waals surface area contributed by atoms with Crippen molar-refractivity contribution in [2.45, 2.75) is 26.0 Å². The number of rotatable bonds is 8. The Kier molecular flexibility index (Phi) is 6.12. The lowest BCUT2D eigenvalue weighted by Gasteiger charge is -2.15. The fourth-order valence-corrected chi connectivity index (χ4v) is 2.08. The number of aliphatic hydroxyl groups is 1. The zero-order valence-electron chi connectivity index (χ0n) is 12.3. The fraction of sp³-hybridized carbons (Fsp3) is 0.375. The molecule has 0 radical (unpaired) electrons. The largest absolute Gasteiger partial charge is 0.392 e. The summed E-state index contributed by atoms with van der Waals surface area (Å²) in [5, 5.41) is 15.8. The summed E-state index contributed by atoms with van der Waals surface area (Å²) in [6.07, 6.45) is 4.44. The van der Waals surface area contributed by atoms with Gasteiger partial charge in [-0.2, -0.15) is 0 Å². The molecule has 1 aromatic heterocycles. The van der Waals surface area contributed by atoms with Gasteiger partial charge in [-0.3, -0.25) is 0 Å². The van der Waals surface area contributed by atoms with E-state index in [1.54, 1.807) is 18.5 Å². The van der Waals surface area contributed by atoms with Gasteiger partial charge < -0.3 is 15.7 Å². The topological polar surface area (TPSA) is 70.1 Å². The normalized spacial score (nSPS) is 12.1. The highest BCUT2D eigenvalue weighted by atomic mass is 16.3. The van der Waals surface area contributed by atoms with Gasteiger partial charge in [-0.25, -0.2) is 9.97 Å². The minimum Gasteiger partial charge on any atom is -0.392 e. The van der Waals surface area contributed by atoms with Crippen LogP contribution in [0.25, 0.3) is 0 Å². The number of nitrogens with one attached hydrogen (secondary N) is 2. The molecule has 1 aromatic carbocycles. The van der Waals surface area contributed by atoms with Crippen LogP contribution in [0, 0.1) is 0 Å².